The molecule has 2 atom stereocenters. The van der Waals surface area contributed by atoms with Crippen LogP contribution >= 0.6 is 18.7 Å². The second kappa shape index (κ2) is 11.6. The highest BCUT2D eigenvalue weighted by atomic mass is 32.1. The van der Waals surface area contributed by atoms with E-state index in [9.17, 15) is 9.36 Å². The monoisotopic (exact) mass is 520 g/mol. The van der Waals surface area contributed by atoms with Gasteiger partial charge in [0.15, 0.2) is 7.37 Å². The summed E-state index contributed by atoms with van der Waals surface area (Å²) < 4.78 is 23.7. The molecule has 35 heavy (non-hydrogen) atoms. The van der Waals surface area contributed by atoms with Crippen LogP contribution in [0, 0.1) is 29.1 Å². The van der Waals surface area contributed by atoms with Crippen molar-refractivity contribution in [2.45, 2.75) is 91.3 Å². The summed E-state index contributed by atoms with van der Waals surface area (Å²) in [6, 6.07) is 1.86. The Bertz CT molecular complexity index is 1030. The normalized spacial score (nSPS) is 26.1. The van der Waals surface area contributed by atoms with Gasteiger partial charge in [-0.25, -0.2) is 9.79 Å². The van der Waals surface area contributed by atoms with Crippen molar-refractivity contribution in [3.63, 3.8) is 0 Å². The van der Waals surface area contributed by atoms with E-state index in [2.05, 4.69) is 39.5 Å². The third kappa shape index (κ3) is 9.08. The molecule has 3 rings (SSSR count). The van der Waals surface area contributed by atoms with E-state index in [4.69, 9.17) is 20.0 Å². The molecular weight excluding hydrogens is 479 g/mol. The highest BCUT2D eigenvalue weighted by Crippen LogP contribution is 2.42. The van der Waals surface area contributed by atoms with E-state index >= 15 is 0 Å². The Hall–Kier alpha value is -1.61. The van der Waals surface area contributed by atoms with Gasteiger partial charge in [-0.15, -0.1) is 11.3 Å². The summed E-state index contributed by atoms with van der Waals surface area (Å²) >= 11 is 1.31. The summed E-state index contributed by atoms with van der Waals surface area (Å²) in [7, 11) is -2.60. The topological polar surface area (TPSA) is 91.0 Å². The molecule has 1 heterocycles. The lowest BCUT2D eigenvalue weighted by molar-refractivity contribution is 0.00400. The number of hydrogen-bond acceptors (Lipinski definition) is 6. The number of nitrogens with zero attached hydrogens (tertiary/aromatic N) is 1. The Morgan fingerprint density at radius 2 is 1.80 bits per heavy atom. The number of carbonyl (C=O) groups is 1. The fourth-order valence-electron chi connectivity index (χ4n) is 4.58. The molecule has 2 fully saturated rings. The molecule has 0 radical (unpaired) electrons. The minimum absolute atomic E-state index is 0.152. The number of carbonyl (C=O) groups excluding carboxylic acids is 1. The van der Waals surface area contributed by atoms with Crippen LogP contribution in [0.15, 0.2) is 11.1 Å². The van der Waals surface area contributed by atoms with Gasteiger partial charge < -0.3 is 15.0 Å². The van der Waals surface area contributed by atoms with Crippen molar-refractivity contribution in [3.05, 3.63) is 15.8 Å². The minimum atomic E-state index is -2.60. The number of thiophene rings is 1. The molecule has 8 heteroatoms. The van der Waals surface area contributed by atoms with Crippen molar-refractivity contribution in [2.24, 2.45) is 28.0 Å². The molecule has 2 saturated carbocycles. The van der Waals surface area contributed by atoms with Crippen LogP contribution in [0.1, 0.15) is 93.6 Å². The number of aliphatic imine (C=N–C) groups is 1. The standard InChI is InChI=1S/C27H41N2O4PS/c1-18-10-12-19(13-11-18)25(28)29-23-17-22(14-15-27(2,3)4)35-24(23)26(30)32-20-8-7-9-21(16-20)33-34(5,6)31/h17-21H,7-13,16H2,1-6H3,(H2,28,29). The highest BCUT2D eigenvalue weighted by Gasteiger charge is 2.30. The lowest BCUT2D eigenvalue weighted by Gasteiger charge is -2.29. The molecule has 1 aromatic rings. The second-order valence-corrected chi connectivity index (χ2v) is 15.3. The predicted octanol–water partition coefficient (Wildman–Crippen LogP) is 6.98. The third-order valence-corrected chi connectivity index (χ3v) is 8.22. The molecule has 2 aliphatic rings. The van der Waals surface area contributed by atoms with Gasteiger partial charge in [0.2, 0.25) is 0 Å². The van der Waals surface area contributed by atoms with Gasteiger partial charge in [0, 0.05) is 31.1 Å². The number of amidine groups is 1. The third-order valence-electron chi connectivity index (χ3n) is 6.40. The Morgan fingerprint density at radius 3 is 2.43 bits per heavy atom. The van der Waals surface area contributed by atoms with Crippen LogP contribution < -0.4 is 5.73 Å². The van der Waals surface area contributed by atoms with Crippen LogP contribution in [0.4, 0.5) is 5.69 Å². The van der Waals surface area contributed by atoms with Crippen LogP contribution in [0.5, 0.6) is 0 Å². The van der Waals surface area contributed by atoms with Crippen molar-refractivity contribution in [1.82, 2.24) is 0 Å². The van der Waals surface area contributed by atoms with Crippen LogP contribution in [0.25, 0.3) is 0 Å². The largest absolute Gasteiger partial charge is 0.458 e. The van der Waals surface area contributed by atoms with E-state index in [0.29, 0.717) is 22.8 Å². The summed E-state index contributed by atoms with van der Waals surface area (Å²) in [5, 5.41) is 0. The smallest absolute Gasteiger partial charge is 0.350 e. The van der Waals surface area contributed by atoms with Gasteiger partial charge in [0.25, 0.3) is 0 Å². The molecule has 6 nitrogen and oxygen atoms in total. The van der Waals surface area contributed by atoms with E-state index in [1.54, 1.807) is 13.3 Å². The molecule has 0 spiro atoms. The molecular formula is C27H41N2O4PS. The first-order valence-electron chi connectivity index (χ1n) is 12.7. The highest BCUT2D eigenvalue weighted by molar-refractivity contribution is 7.57. The number of esters is 1. The van der Waals surface area contributed by atoms with Crippen molar-refractivity contribution < 1.29 is 18.6 Å². The van der Waals surface area contributed by atoms with E-state index in [-0.39, 0.29) is 23.5 Å². The van der Waals surface area contributed by atoms with Gasteiger partial charge in [-0.05, 0) is 64.9 Å². The minimum Gasteiger partial charge on any atom is -0.458 e. The van der Waals surface area contributed by atoms with E-state index in [0.717, 1.165) is 55.7 Å². The first-order chi connectivity index (χ1) is 16.3. The van der Waals surface area contributed by atoms with Crippen LogP contribution in [0.3, 0.4) is 0 Å². The lowest BCUT2D eigenvalue weighted by atomic mass is 9.82. The fraction of sp³-hybridized carbons (Fsp3) is 0.704. The van der Waals surface area contributed by atoms with Crippen LogP contribution in [-0.2, 0) is 13.8 Å². The zero-order chi connectivity index (χ0) is 25.8. The number of nitrogens with two attached hydrogens (primary N) is 1. The molecule has 2 aliphatic carbocycles. The van der Waals surface area contributed by atoms with Gasteiger partial charge in [-0.3, -0.25) is 4.57 Å². The average molecular weight is 521 g/mol. The SMILES string of the molecule is CC1CCC(C(N)=Nc2cc(C#CC(C)(C)C)sc2C(=O)OC2CCCC(OP(C)(C)=O)C2)CC1. The summed E-state index contributed by atoms with van der Waals surface area (Å²) in [4.78, 5) is 19.2. The predicted molar refractivity (Wildman–Crippen MR) is 145 cm³/mol. The van der Waals surface area contributed by atoms with Gasteiger partial charge in [0.05, 0.1) is 16.7 Å². The van der Waals surface area contributed by atoms with Crippen molar-refractivity contribution in [1.29, 1.82) is 0 Å². The van der Waals surface area contributed by atoms with E-state index < -0.39 is 13.3 Å². The molecule has 0 amide bonds. The fourth-order valence-corrected chi connectivity index (χ4v) is 6.32. The van der Waals surface area contributed by atoms with Crippen LogP contribution in [0.2, 0.25) is 0 Å². The van der Waals surface area contributed by atoms with Crippen LogP contribution in [-0.4, -0.2) is 37.3 Å². The molecule has 0 aliphatic heterocycles. The molecule has 2 unspecified atom stereocenters. The average Bonchev–Trinajstić information content (AvgIpc) is 3.14. The number of hydrogen-bond donors (Lipinski definition) is 1. The maximum atomic E-state index is 13.3. The van der Waals surface area contributed by atoms with Crippen molar-refractivity contribution in [2.75, 3.05) is 13.3 Å². The summed E-state index contributed by atoms with van der Waals surface area (Å²) in [6.45, 7) is 11.7. The number of rotatable bonds is 6. The second-order valence-electron chi connectivity index (χ2n) is 11.5. The zero-order valence-corrected chi connectivity index (χ0v) is 23.8. The van der Waals surface area contributed by atoms with Gasteiger partial charge >= 0.3 is 5.97 Å². The lowest BCUT2D eigenvalue weighted by Crippen LogP contribution is -2.29. The Kier molecular flexibility index (Phi) is 9.29. The van der Waals surface area contributed by atoms with Gasteiger partial charge in [-0.2, -0.15) is 0 Å². The Labute approximate surface area is 214 Å². The Balaban J connectivity index is 1.81. The molecule has 2 N–H and O–H groups in total. The molecule has 0 aromatic carbocycles. The molecule has 194 valence electrons. The first kappa shape index (κ1) is 28.0. The summed E-state index contributed by atoms with van der Waals surface area (Å²) in [6.07, 6.45) is 6.95. The quantitative estimate of drug-likeness (QED) is 0.144. The molecule has 0 bridgehead atoms. The maximum absolute atomic E-state index is 13.3. The van der Waals surface area contributed by atoms with Gasteiger partial charge in [0.1, 0.15) is 16.8 Å². The molecule has 0 saturated heterocycles. The zero-order valence-electron chi connectivity index (χ0n) is 22.1. The number of ether oxygens (including phenoxy) is 1. The van der Waals surface area contributed by atoms with E-state index in [1.165, 1.54) is 11.3 Å². The van der Waals surface area contributed by atoms with Crippen molar-refractivity contribution >= 4 is 36.2 Å². The first-order valence-corrected chi connectivity index (χ1v) is 16.1. The Morgan fingerprint density at radius 1 is 1.14 bits per heavy atom. The summed E-state index contributed by atoms with van der Waals surface area (Å²) in [5.41, 5.74) is 6.83. The van der Waals surface area contributed by atoms with Gasteiger partial charge in [-0.1, -0.05) is 31.6 Å². The van der Waals surface area contributed by atoms with Crippen molar-refractivity contribution in [3.8, 4) is 11.8 Å². The maximum Gasteiger partial charge on any atom is 0.350 e. The van der Waals surface area contributed by atoms with E-state index in [1.807, 2.05) is 6.07 Å². The summed E-state index contributed by atoms with van der Waals surface area (Å²) in [5.74, 6) is 7.59. The molecule has 1 aromatic heterocycles.